The number of carbonyl (C=O) groups excluding carboxylic acids is 2. The topological polar surface area (TPSA) is 40.6 Å². The van der Waals surface area contributed by atoms with Crippen LogP contribution in [0, 0.1) is 5.82 Å². The van der Waals surface area contributed by atoms with Gasteiger partial charge in [-0.25, -0.2) is 4.39 Å². The Bertz CT molecular complexity index is 1250. The van der Waals surface area contributed by atoms with Gasteiger partial charge in [0.15, 0.2) is 0 Å². The van der Waals surface area contributed by atoms with Crippen molar-refractivity contribution in [3.05, 3.63) is 100 Å². The van der Waals surface area contributed by atoms with Crippen molar-refractivity contribution in [1.82, 2.24) is 4.90 Å². The van der Waals surface area contributed by atoms with E-state index >= 15 is 0 Å². The Morgan fingerprint density at radius 1 is 0.912 bits per heavy atom. The Morgan fingerprint density at radius 2 is 1.62 bits per heavy atom. The largest absolute Gasteiger partial charge is 0.339 e. The number of hydrogen-bond donors (Lipinski definition) is 0. The second kappa shape index (κ2) is 9.85. The number of rotatable bonds is 4. The summed E-state index contributed by atoms with van der Waals surface area (Å²) in [7, 11) is 0. The van der Waals surface area contributed by atoms with Gasteiger partial charge in [-0.05, 0) is 61.2 Å². The molecular formula is C28H25FN2O2S. The molecule has 0 radical (unpaired) electrons. The highest BCUT2D eigenvalue weighted by Gasteiger charge is 2.29. The number of para-hydroxylation sites is 1. The molecule has 2 heterocycles. The van der Waals surface area contributed by atoms with Gasteiger partial charge in [-0.15, -0.1) is 0 Å². The quantitative estimate of drug-likeness (QED) is 0.429. The van der Waals surface area contributed by atoms with Crippen LogP contribution < -0.4 is 4.90 Å². The smallest absolute Gasteiger partial charge is 0.265 e. The fraction of sp³-hybridized carbons (Fsp3) is 0.214. The van der Waals surface area contributed by atoms with Crippen molar-refractivity contribution in [2.75, 3.05) is 18.0 Å². The highest BCUT2D eigenvalue weighted by atomic mass is 32.2. The molecule has 0 saturated carbocycles. The lowest BCUT2D eigenvalue weighted by Crippen LogP contribution is -2.35. The molecule has 0 unspecified atom stereocenters. The molecule has 1 saturated heterocycles. The van der Waals surface area contributed by atoms with E-state index in [9.17, 15) is 14.0 Å². The summed E-state index contributed by atoms with van der Waals surface area (Å²) in [6, 6.07) is 21.6. The van der Waals surface area contributed by atoms with Crippen LogP contribution in [0.5, 0.6) is 0 Å². The van der Waals surface area contributed by atoms with Crippen LogP contribution in [0.15, 0.2) is 82.6 Å². The summed E-state index contributed by atoms with van der Waals surface area (Å²) in [6.45, 7) is 1.78. The van der Waals surface area contributed by atoms with Crippen molar-refractivity contribution >= 4 is 35.3 Å². The first-order valence-corrected chi connectivity index (χ1v) is 12.3. The molecule has 0 aromatic heterocycles. The predicted molar refractivity (Wildman–Crippen MR) is 134 cm³/mol. The summed E-state index contributed by atoms with van der Waals surface area (Å²) in [5.41, 5.74) is 2.76. The monoisotopic (exact) mass is 472 g/mol. The van der Waals surface area contributed by atoms with Crippen molar-refractivity contribution < 1.29 is 14.0 Å². The molecule has 4 nitrogen and oxygen atoms in total. The molecule has 172 valence electrons. The van der Waals surface area contributed by atoms with Crippen molar-refractivity contribution in [3.63, 3.8) is 0 Å². The van der Waals surface area contributed by atoms with E-state index in [-0.39, 0.29) is 24.2 Å². The van der Waals surface area contributed by atoms with E-state index in [4.69, 9.17) is 0 Å². The van der Waals surface area contributed by atoms with Gasteiger partial charge in [0.05, 0.1) is 17.1 Å². The van der Waals surface area contributed by atoms with Gasteiger partial charge in [-0.2, -0.15) is 0 Å². The Kier molecular flexibility index (Phi) is 6.50. The molecule has 0 spiro atoms. The van der Waals surface area contributed by atoms with Crippen LogP contribution in [0.3, 0.4) is 0 Å². The fourth-order valence-corrected chi connectivity index (χ4v) is 5.43. The van der Waals surface area contributed by atoms with Crippen LogP contribution in [0.4, 0.5) is 10.1 Å². The maximum atomic E-state index is 14.3. The summed E-state index contributed by atoms with van der Waals surface area (Å²) < 4.78 is 14.3. The molecule has 2 aliphatic heterocycles. The van der Waals surface area contributed by atoms with E-state index < -0.39 is 0 Å². The maximum absolute atomic E-state index is 14.3. The first-order chi connectivity index (χ1) is 16.6. The number of anilines is 1. The lowest BCUT2D eigenvalue weighted by molar-refractivity contribution is -0.114. The lowest BCUT2D eigenvalue weighted by Gasteiger charge is -2.30. The Morgan fingerprint density at radius 3 is 2.38 bits per heavy atom. The zero-order valence-corrected chi connectivity index (χ0v) is 19.6. The third-order valence-electron chi connectivity index (χ3n) is 6.22. The Hall–Kier alpha value is -3.38. The van der Waals surface area contributed by atoms with Crippen molar-refractivity contribution in [2.24, 2.45) is 0 Å². The average Bonchev–Trinajstić information content (AvgIpc) is 2.88. The SMILES string of the molecule is O=C(c1ccc(/C=C2\Sc3ccccc3N(Cc3ccccc3F)C2=O)cc1)N1CCCCC1. The zero-order valence-electron chi connectivity index (χ0n) is 18.7. The van der Waals surface area contributed by atoms with E-state index in [1.165, 1.54) is 24.2 Å². The molecule has 5 rings (SSSR count). The summed E-state index contributed by atoms with van der Waals surface area (Å²) in [5.74, 6) is -0.432. The molecule has 1 fully saturated rings. The van der Waals surface area contributed by atoms with Crippen molar-refractivity contribution in [2.45, 2.75) is 30.7 Å². The standard InChI is InChI=1S/C28H25FN2O2S/c29-23-9-3-2-8-22(23)19-31-24-10-4-5-11-25(24)34-26(28(31)33)18-20-12-14-21(15-13-20)27(32)30-16-6-1-7-17-30/h2-5,8-15,18H,1,6-7,16-17,19H2/b26-18-. The first kappa shape index (κ1) is 22.4. The number of likely N-dealkylation sites (tertiary alicyclic amines) is 1. The van der Waals surface area contributed by atoms with E-state index in [0.717, 1.165) is 42.1 Å². The van der Waals surface area contributed by atoms with E-state index in [2.05, 4.69) is 0 Å². The number of carbonyl (C=O) groups is 2. The highest BCUT2D eigenvalue weighted by Crippen LogP contribution is 2.42. The molecule has 3 aromatic carbocycles. The van der Waals surface area contributed by atoms with Crippen LogP contribution in [0.25, 0.3) is 6.08 Å². The highest BCUT2D eigenvalue weighted by molar-refractivity contribution is 8.04. The van der Waals surface area contributed by atoms with Crippen LogP contribution >= 0.6 is 11.8 Å². The van der Waals surface area contributed by atoms with Gasteiger partial charge in [0.2, 0.25) is 0 Å². The van der Waals surface area contributed by atoms with Crippen LogP contribution in [0.1, 0.15) is 40.7 Å². The lowest BCUT2D eigenvalue weighted by atomic mass is 10.1. The minimum Gasteiger partial charge on any atom is -0.339 e. The van der Waals surface area contributed by atoms with Gasteiger partial charge in [-0.3, -0.25) is 9.59 Å². The predicted octanol–water partition coefficient (Wildman–Crippen LogP) is 6.13. The molecular weight excluding hydrogens is 447 g/mol. The molecule has 0 atom stereocenters. The Balaban J connectivity index is 1.41. The molecule has 2 amide bonds. The van der Waals surface area contributed by atoms with Gasteiger partial charge >= 0.3 is 0 Å². The number of hydrogen-bond acceptors (Lipinski definition) is 3. The third-order valence-corrected chi connectivity index (χ3v) is 7.29. The molecule has 2 aliphatic rings. The molecule has 0 bridgehead atoms. The number of halogens is 1. The van der Waals surface area contributed by atoms with Gasteiger partial charge in [0.25, 0.3) is 11.8 Å². The second-order valence-electron chi connectivity index (χ2n) is 8.54. The van der Waals surface area contributed by atoms with E-state index in [1.807, 2.05) is 59.5 Å². The number of fused-ring (bicyclic) bond motifs is 1. The van der Waals surface area contributed by atoms with Gasteiger partial charge in [0, 0.05) is 29.1 Å². The maximum Gasteiger partial charge on any atom is 0.265 e. The average molecular weight is 473 g/mol. The fourth-order valence-electron chi connectivity index (χ4n) is 4.37. The number of amides is 2. The third kappa shape index (κ3) is 4.64. The van der Waals surface area contributed by atoms with Crippen molar-refractivity contribution in [3.8, 4) is 0 Å². The van der Waals surface area contributed by atoms with Crippen LogP contribution in [-0.2, 0) is 11.3 Å². The molecule has 0 aliphatic carbocycles. The zero-order chi connectivity index (χ0) is 23.5. The van der Waals surface area contributed by atoms with E-state index in [1.54, 1.807) is 23.1 Å². The first-order valence-electron chi connectivity index (χ1n) is 11.5. The number of benzene rings is 3. The van der Waals surface area contributed by atoms with Crippen LogP contribution in [-0.4, -0.2) is 29.8 Å². The van der Waals surface area contributed by atoms with E-state index in [0.29, 0.717) is 16.0 Å². The van der Waals surface area contributed by atoms with Crippen LogP contribution in [0.2, 0.25) is 0 Å². The van der Waals surface area contributed by atoms with Gasteiger partial charge in [0.1, 0.15) is 5.82 Å². The number of thioether (sulfide) groups is 1. The molecule has 3 aromatic rings. The summed E-state index contributed by atoms with van der Waals surface area (Å²) in [6.07, 6.45) is 5.13. The number of nitrogens with zero attached hydrogens (tertiary/aromatic N) is 2. The summed E-state index contributed by atoms with van der Waals surface area (Å²) in [5, 5.41) is 0. The molecule has 34 heavy (non-hydrogen) atoms. The number of piperidine rings is 1. The molecule has 6 heteroatoms. The van der Waals surface area contributed by atoms with Crippen molar-refractivity contribution in [1.29, 1.82) is 0 Å². The van der Waals surface area contributed by atoms with Gasteiger partial charge < -0.3 is 9.80 Å². The minimum absolute atomic E-state index is 0.0620. The normalized spacial score (nSPS) is 17.1. The second-order valence-corrected chi connectivity index (χ2v) is 9.62. The van der Waals surface area contributed by atoms with Gasteiger partial charge in [-0.1, -0.05) is 54.2 Å². The minimum atomic E-state index is -0.328. The summed E-state index contributed by atoms with van der Waals surface area (Å²) >= 11 is 1.41. The summed E-state index contributed by atoms with van der Waals surface area (Å²) in [4.78, 5) is 31.2. The Labute approximate surface area is 203 Å². The molecule has 0 N–H and O–H groups in total.